The maximum absolute atomic E-state index is 12.3. The highest BCUT2D eigenvalue weighted by molar-refractivity contribution is 7.17. The zero-order chi connectivity index (χ0) is 14.7. The van der Waals surface area contributed by atoms with Crippen molar-refractivity contribution in [2.45, 2.75) is 38.1 Å². The van der Waals surface area contributed by atoms with E-state index in [0.717, 1.165) is 32.2 Å². The van der Waals surface area contributed by atoms with Gasteiger partial charge in [0.15, 0.2) is 0 Å². The fraction of sp³-hybridized carbons (Fsp3) is 0.471. The highest BCUT2D eigenvalue weighted by atomic mass is 32.1. The third-order valence-corrected chi connectivity index (χ3v) is 5.38. The van der Waals surface area contributed by atoms with Crippen LogP contribution in [0.2, 0.25) is 0 Å². The van der Waals surface area contributed by atoms with E-state index in [0.29, 0.717) is 13.0 Å². The van der Waals surface area contributed by atoms with Gasteiger partial charge in [0.25, 0.3) is 0 Å². The maximum atomic E-state index is 12.3. The predicted molar refractivity (Wildman–Crippen MR) is 88.6 cm³/mol. The number of carbonyl (C=O) groups is 1. The highest BCUT2D eigenvalue weighted by Gasteiger charge is 2.26. The van der Waals surface area contributed by atoms with Crippen LogP contribution in [0.3, 0.4) is 0 Å². The second kappa shape index (κ2) is 6.58. The summed E-state index contributed by atoms with van der Waals surface area (Å²) in [6, 6.07) is 8.77. The molecule has 1 amide bonds. The molecule has 112 valence electrons. The van der Waals surface area contributed by atoms with Gasteiger partial charge >= 0.3 is 0 Å². The van der Waals surface area contributed by atoms with Crippen LogP contribution < -0.4 is 5.73 Å². The Morgan fingerprint density at radius 1 is 1.38 bits per heavy atom. The van der Waals surface area contributed by atoms with E-state index < -0.39 is 0 Å². The summed E-state index contributed by atoms with van der Waals surface area (Å²) < 4.78 is 1.33. The summed E-state index contributed by atoms with van der Waals surface area (Å²) in [4.78, 5) is 14.3. The van der Waals surface area contributed by atoms with Gasteiger partial charge in [-0.25, -0.2) is 0 Å². The summed E-state index contributed by atoms with van der Waals surface area (Å²) in [7, 11) is 0. The number of amides is 1. The van der Waals surface area contributed by atoms with Crippen LogP contribution >= 0.6 is 11.3 Å². The maximum Gasteiger partial charge on any atom is 0.222 e. The zero-order valence-corrected chi connectivity index (χ0v) is 13.1. The lowest BCUT2D eigenvalue weighted by Gasteiger charge is -2.23. The van der Waals surface area contributed by atoms with Crippen LogP contribution in [0.25, 0.3) is 10.1 Å². The molecule has 1 unspecified atom stereocenters. The molecule has 3 rings (SSSR count). The number of nitrogens with two attached hydrogens (primary N) is 1. The largest absolute Gasteiger partial charge is 0.338 e. The van der Waals surface area contributed by atoms with E-state index in [1.165, 1.54) is 15.6 Å². The van der Waals surface area contributed by atoms with Crippen molar-refractivity contribution in [2.75, 3.05) is 13.1 Å². The average molecular weight is 302 g/mol. The van der Waals surface area contributed by atoms with Gasteiger partial charge in [-0.3, -0.25) is 4.79 Å². The lowest BCUT2D eigenvalue weighted by molar-refractivity contribution is -0.131. The molecule has 3 nitrogen and oxygen atoms in total. The van der Waals surface area contributed by atoms with E-state index in [2.05, 4.69) is 29.6 Å². The molecule has 2 aromatic rings. The summed E-state index contributed by atoms with van der Waals surface area (Å²) in [5.74, 6) is 0.280. The molecule has 4 heteroatoms. The van der Waals surface area contributed by atoms with E-state index in [4.69, 9.17) is 5.73 Å². The minimum absolute atomic E-state index is 0.277. The predicted octanol–water partition coefficient (Wildman–Crippen LogP) is 3.17. The Hall–Kier alpha value is -1.39. The lowest BCUT2D eigenvalue weighted by atomic mass is 10.1. The van der Waals surface area contributed by atoms with Crippen molar-refractivity contribution in [1.29, 1.82) is 0 Å². The molecule has 1 fully saturated rings. The number of fused-ring (bicyclic) bond motifs is 1. The molecule has 1 saturated heterocycles. The van der Waals surface area contributed by atoms with Crippen molar-refractivity contribution in [1.82, 2.24) is 4.90 Å². The van der Waals surface area contributed by atoms with Gasteiger partial charge in [-0.05, 0) is 48.1 Å². The first-order valence-electron chi connectivity index (χ1n) is 7.74. The summed E-state index contributed by atoms with van der Waals surface area (Å²) >= 11 is 1.79. The number of benzene rings is 1. The van der Waals surface area contributed by atoms with Gasteiger partial charge in [-0.2, -0.15) is 0 Å². The first-order valence-corrected chi connectivity index (χ1v) is 8.62. The number of likely N-dealkylation sites (tertiary alicyclic amines) is 1. The van der Waals surface area contributed by atoms with Crippen LogP contribution in [-0.4, -0.2) is 29.9 Å². The van der Waals surface area contributed by atoms with Crippen LogP contribution in [0.4, 0.5) is 0 Å². The minimum atomic E-state index is 0.277. The topological polar surface area (TPSA) is 46.3 Å². The SMILES string of the molecule is NCC1CCCN1C(=O)CCCc1csc2ccccc12. The van der Waals surface area contributed by atoms with Gasteiger partial charge in [0.05, 0.1) is 0 Å². The Bertz CT molecular complexity index is 622. The number of hydrogen-bond acceptors (Lipinski definition) is 3. The Morgan fingerprint density at radius 2 is 2.24 bits per heavy atom. The van der Waals surface area contributed by atoms with Gasteiger partial charge in [0.1, 0.15) is 0 Å². The number of nitrogens with zero attached hydrogens (tertiary/aromatic N) is 1. The van der Waals surface area contributed by atoms with Crippen molar-refractivity contribution >= 4 is 27.3 Å². The summed E-state index contributed by atoms with van der Waals surface area (Å²) in [5, 5.41) is 3.57. The fourth-order valence-electron chi connectivity index (χ4n) is 3.21. The summed E-state index contributed by atoms with van der Waals surface area (Å²) in [6.07, 6.45) is 4.71. The van der Waals surface area contributed by atoms with Crippen molar-refractivity contribution in [2.24, 2.45) is 5.73 Å². The van der Waals surface area contributed by atoms with Crippen molar-refractivity contribution in [3.63, 3.8) is 0 Å². The molecule has 1 aromatic heterocycles. The molecule has 0 saturated carbocycles. The second-order valence-corrected chi connectivity index (χ2v) is 6.64. The van der Waals surface area contributed by atoms with Crippen molar-refractivity contribution < 1.29 is 4.79 Å². The highest BCUT2D eigenvalue weighted by Crippen LogP contribution is 2.27. The van der Waals surface area contributed by atoms with E-state index >= 15 is 0 Å². The average Bonchev–Trinajstić information content (AvgIpc) is 3.14. The van der Waals surface area contributed by atoms with Crippen molar-refractivity contribution in [3.8, 4) is 0 Å². The molecule has 2 N–H and O–H groups in total. The van der Waals surface area contributed by atoms with Gasteiger partial charge in [-0.15, -0.1) is 11.3 Å². The minimum Gasteiger partial charge on any atom is -0.338 e. The first kappa shape index (κ1) is 14.5. The van der Waals surface area contributed by atoms with Gasteiger partial charge in [0, 0.05) is 30.3 Å². The Kier molecular flexibility index (Phi) is 4.56. The molecule has 2 heterocycles. The standard InChI is InChI=1S/C17H22N2OS/c18-11-14-6-4-10-19(14)17(20)9-3-5-13-12-21-16-8-2-1-7-15(13)16/h1-2,7-8,12,14H,3-6,9-11,18H2. The van der Waals surface area contributed by atoms with E-state index in [1.807, 2.05) is 4.90 Å². The van der Waals surface area contributed by atoms with Gasteiger partial charge < -0.3 is 10.6 Å². The summed E-state index contributed by atoms with van der Waals surface area (Å²) in [6.45, 7) is 1.49. The third-order valence-electron chi connectivity index (χ3n) is 4.37. The van der Waals surface area contributed by atoms with Crippen LogP contribution in [-0.2, 0) is 11.2 Å². The molecular formula is C17H22N2OS. The fourth-order valence-corrected chi connectivity index (χ4v) is 4.21. The van der Waals surface area contributed by atoms with Crippen LogP contribution in [0.15, 0.2) is 29.6 Å². The molecule has 21 heavy (non-hydrogen) atoms. The molecule has 0 spiro atoms. The number of aryl methyl sites for hydroxylation is 1. The Morgan fingerprint density at radius 3 is 3.10 bits per heavy atom. The molecule has 0 bridgehead atoms. The third kappa shape index (κ3) is 3.11. The van der Waals surface area contributed by atoms with Crippen LogP contribution in [0, 0.1) is 0 Å². The first-order chi connectivity index (χ1) is 10.3. The van der Waals surface area contributed by atoms with E-state index in [9.17, 15) is 4.79 Å². The van der Waals surface area contributed by atoms with Crippen molar-refractivity contribution in [3.05, 3.63) is 35.2 Å². The summed E-state index contributed by atoms with van der Waals surface area (Å²) in [5.41, 5.74) is 7.11. The van der Waals surface area contributed by atoms with Gasteiger partial charge in [-0.1, -0.05) is 18.2 Å². The molecule has 0 radical (unpaired) electrons. The molecule has 0 aliphatic carbocycles. The normalized spacial score (nSPS) is 18.5. The number of thiophene rings is 1. The number of hydrogen-bond donors (Lipinski definition) is 1. The molecule has 1 aliphatic rings. The second-order valence-electron chi connectivity index (χ2n) is 5.73. The molecule has 1 aromatic carbocycles. The van der Waals surface area contributed by atoms with E-state index in [-0.39, 0.29) is 11.9 Å². The van der Waals surface area contributed by atoms with E-state index in [1.54, 1.807) is 11.3 Å². The van der Waals surface area contributed by atoms with Crippen LogP contribution in [0.5, 0.6) is 0 Å². The van der Waals surface area contributed by atoms with Crippen LogP contribution in [0.1, 0.15) is 31.2 Å². The van der Waals surface area contributed by atoms with Gasteiger partial charge in [0.2, 0.25) is 5.91 Å². The smallest absolute Gasteiger partial charge is 0.222 e. The Balaban J connectivity index is 1.55. The molecule has 1 atom stereocenters. The zero-order valence-electron chi connectivity index (χ0n) is 12.3. The lowest BCUT2D eigenvalue weighted by Crippen LogP contribution is -2.39. The quantitative estimate of drug-likeness (QED) is 0.922. The Labute approximate surface area is 129 Å². The number of carbonyl (C=O) groups excluding carboxylic acids is 1. The molecule has 1 aliphatic heterocycles. The monoisotopic (exact) mass is 302 g/mol. The molecular weight excluding hydrogens is 280 g/mol. The number of rotatable bonds is 5.